The number of hydrogen-bond donors (Lipinski definition) is 1. The molecule has 11 heteroatoms. The van der Waals surface area contributed by atoms with Crippen LogP contribution in [0, 0.1) is 23.7 Å². The number of anilines is 2. The van der Waals surface area contributed by atoms with Gasteiger partial charge in [0.1, 0.15) is 17.8 Å². The van der Waals surface area contributed by atoms with Crippen LogP contribution >= 0.6 is 0 Å². The number of benzene rings is 1. The van der Waals surface area contributed by atoms with Crippen LogP contribution in [0.4, 0.5) is 28.9 Å². The third-order valence-corrected chi connectivity index (χ3v) is 7.09. The molecule has 38 heavy (non-hydrogen) atoms. The second-order valence-electron chi connectivity index (χ2n) is 9.46. The second kappa shape index (κ2) is 9.68. The highest BCUT2D eigenvalue weighted by molar-refractivity contribution is 6.04. The zero-order valence-corrected chi connectivity index (χ0v) is 20.3. The molecule has 2 aromatic heterocycles. The largest absolute Gasteiger partial charge is 0.433 e. The minimum atomic E-state index is -4.66. The van der Waals surface area contributed by atoms with Gasteiger partial charge in [0, 0.05) is 42.2 Å². The molecule has 2 aliphatic heterocycles. The van der Waals surface area contributed by atoms with Gasteiger partial charge in [-0.15, -0.1) is 0 Å². The molecule has 0 bridgehead atoms. The van der Waals surface area contributed by atoms with E-state index < -0.39 is 35.9 Å². The monoisotopic (exact) mass is 525 g/mol. The molecule has 1 aromatic carbocycles. The summed E-state index contributed by atoms with van der Waals surface area (Å²) >= 11 is 0. The topological polar surface area (TPSA) is 91.1 Å². The molecule has 0 unspecified atom stereocenters. The number of pyridine rings is 2. The van der Waals surface area contributed by atoms with Gasteiger partial charge in [-0.05, 0) is 48.4 Å². The Balaban J connectivity index is 1.46. The number of nitrogens with one attached hydrogen (secondary N) is 1. The van der Waals surface area contributed by atoms with E-state index in [-0.39, 0.29) is 18.6 Å². The number of ether oxygens (including phenoxy) is 1. The minimum Gasteiger partial charge on any atom is -0.377 e. The maximum atomic E-state index is 14.1. The number of nitriles is 1. The van der Waals surface area contributed by atoms with E-state index in [1.165, 1.54) is 6.07 Å². The number of alkyl halides is 4. The maximum Gasteiger partial charge on any atom is 0.433 e. The Labute approximate surface area is 216 Å². The lowest BCUT2D eigenvalue weighted by Gasteiger charge is -2.48. The van der Waals surface area contributed by atoms with Gasteiger partial charge in [-0.25, -0.2) is 4.39 Å². The highest BCUT2D eigenvalue weighted by Gasteiger charge is 2.49. The van der Waals surface area contributed by atoms with Crippen molar-refractivity contribution in [2.24, 2.45) is 5.41 Å². The van der Waals surface area contributed by atoms with Crippen LogP contribution in [0.15, 0.2) is 48.8 Å². The Bertz CT molecular complexity index is 1440. The number of fused-ring (bicyclic) bond motifs is 3. The Kier molecular flexibility index (Phi) is 6.53. The van der Waals surface area contributed by atoms with E-state index in [2.05, 4.69) is 21.4 Å². The normalized spacial score (nSPS) is 20.7. The fraction of sp³-hybridized carbons (Fsp3) is 0.333. The number of amides is 1. The first-order valence-electron chi connectivity index (χ1n) is 11.9. The van der Waals surface area contributed by atoms with E-state index >= 15 is 0 Å². The SMILES string of the molecule is Cc1ccc(NC(=O)c2ccnc(C(F)(F)F)c2)cc1-c1cnc2c(c1)N1CCOC[C@H]1[C@@](C#N)(CF)C2. The fourth-order valence-electron chi connectivity index (χ4n) is 5.00. The van der Waals surface area contributed by atoms with Crippen LogP contribution < -0.4 is 10.2 Å². The lowest BCUT2D eigenvalue weighted by molar-refractivity contribution is -0.141. The molecule has 1 fully saturated rings. The number of morpholine rings is 1. The predicted molar refractivity (Wildman–Crippen MR) is 131 cm³/mol. The number of carbonyl (C=O) groups excluding carboxylic acids is 1. The third kappa shape index (κ3) is 4.56. The van der Waals surface area contributed by atoms with Gasteiger partial charge in [0.25, 0.3) is 5.91 Å². The molecule has 1 saturated heterocycles. The molecule has 1 N–H and O–H groups in total. The zero-order chi connectivity index (χ0) is 27.1. The van der Waals surface area contributed by atoms with Gasteiger partial charge in [0.15, 0.2) is 0 Å². The highest BCUT2D eigenvalue weighted by Crippen LogP contribution is 2.43. The van der Waals surface area contributed by atoms with Crippen LogP contribution in [0.3, 0.4) is 0 Å². The van der Waals surface area contributed by atoms with E-state index in [1.54, 1.807) is 24.4 Å². The summed E-state index contributed by atoms with van der Waals surface area (Å²) in [6.07, 6.45) is -1.91. The van der Waals surface area contributed by atoms with Crippen LogP contribution in [-0.2, 0) is 17.3 Å². The van der Waals surface area contributed by atoms with Crippen LogP contribution in [-0.4, -0.2) is 48.4 Å². The van der Waals surface area contributed by atoms with E-state index in [4.69, 9.17) is 4.74 Å². The van der Waals surface area contributed by atoms with Crippen molar-refractivity contribution in [2.45, 2.75) is 25.6 Å². The second-order valence-corrected chi connectivity index (χ2v) is 9.46. The van der Waals surface area contributed by atoms with Crippen LogP contribution in [0.1, 0.15) is 27.3 Å². The number of halogens is 4. The van der Waals surface area contributed by atoms with Gasteiger partial charge in [-0.2, -0.15) is 18.4 Å². The van der Waals surface area contributed by atoms with Crippen molar-refractivity contribution in [1.29, 1.82) is 5.26 Å². The summed E-state index contributed by atoms with van der Waals surface area (Å²) in [6, 6.07) is 10.8. The van der Waals surface area contributed by atoms with Crippen molar-refractivity contribution in [3.05, 3.63) is 71.3 Å². The molecule has 3 aromatic rings. The molecule has 4 heterocycles. The molecule has 2 atom stereocenters. The van der Waals surface area contributed by atoms with Crippen molar-refractivity contribution >= 4 is 17.3 Å². The number of hydrogen-bond acceptors (Lipinski definition) is 6. The average molecular weight is 526 g/mol. The van der Waals surface area contributed by atoms with Crippen LogP contribution in [0.5, 0.6) is 0 Å². The number of rotatable bonds is 4. The molecule has 0 spiro atoms. The lowest BCUT2D eigenvalue weighted by atomic mass is 9.74. The van der Waals surface area contributed by atoms with Crippen molar-refractivity contribution in [3.8, 4) is 17.2 Å². The van der Waals surface area contributed by atoms with Crippen LogP contribution in [0.25, 0.3) is 11.1 Å². The van der Waals surface area contributed by atoms with Gasteiger partial charge >= 0.3 is 6.18 Å². The quantitative estimate of drug-likeness (QED) is 0.484. The lowest BCUT2D eigenvalue weighted by Crippen LogP contribution is -2.59. The molecular formula is C27H23F4N5O2. The molecule has 7 nitrogen and oxygen atoms in total. The summed E-state index contributed by atoms with van der Waals surface area (Å²) in [7, 11) is 0. The molecular weight excluding hydrogens is 502 g/mol. The molecule has 5 rings (SSSR count). The van der Waals surface area contributed by atoms with Gasteiger partial charge in [-0.3, -0.25) is 14.8 Å². The Morgan fingerprint density at radius 2 is 2.08 bits per heavy atom. The maximum absolute atomic E-state index is 14.1. The Morgan fingerprint density at radius 1 is 1.26 bits per heavy atom. The zero-order valence-electron chi connectivity index (χ0n) is 20.3. The summed E-state index contributed by atoms with van der Waals surface area (Å²) in [5, 5.41) is 12.5. The Hall–Kier alpha value is -4.04. The average Bonchev–Trinajstić information content (AvgIpc) is 2.93. The van der Waals surface area contributed by atoms with Gasteiger partial charge in [0.2, 0.25) is 0 Å². The molecule has 1 amide bonds. The first-order chi connectivity index (χ1) is 18.1. The van der Waals surface area contributed by atoms with Crippen LogP contribution in [0.2, 0.25) is 0 Å². The minimum absolute atomic E-state index is 0.168. The van der Waals surface area contributed by atoms with Gasteiger partial charge in [0.05, 0.1) is 36.7 Å². The predicted octanol–water partition coefficient (Wildman–Crippen LogP) is 4.96. The number of nitrogens with zero attached hydrogens (tertiary/aromatic N) is 4. The summed E-state index contributed by atoms with van der Waals surface area (Å²) < 4.78 is 58.7. The summed E-state index contributed by atoms with van der Waals surface area (Å²) in [4.78, 5) is 22.6. The number of aryl methyl sites for hydroxylation is 1. The van der Waals surface area contributed by atoms with Crippen molar-refractivity contribution in [3.63, 3.8) is 0 Å². The van der Waals surface area contributed by atoms with E-state index in [9.17, 15) is 27.6 Å². The van der Waals surface area contributed by atoms with E-state index in [1.807, 2.05) is 17.9 Å². The molecule has 0 radical (unpaired) electrons. The fourth-order valence-corrected chi connectivity index (χ4v) is 5.00. The molecule has 196 valence electrons. The summed E-state index contributed by atoms with van der Waals surface area (Å²) in [6.45, 7) is 2.26. The smallest absolute Gasteiger partial charge is 0.377 e. The van der Waals surface area contributed by atoms with Gasteiger partial charge < -0.3 is 15.0 Å². The van der Waals surface area contributed by atoms with Crippen molar-refractivity contribution < 1.29 is 27.1 Å². The standard InChI is InChI=1S/C27H23F4N5O2/c1-16-2-3-19(35-25(37)17-4-5-33-23(9-17)27(29,30)31)10-20(16)18-8-22-21(34-12-18)11-26(14-28,15-32)24-13-38-7-6-36(22)24/h2-5,8-10,12,24H,6-7,11,13-14H2,1H3,(H,35,37)/t24-,26+/m0/s1. The van der Waals surface area contributed by atoms with Crippen molar-refractivity contribution in [2.75, 3.05) is 36.6 Å². The third-order valence-electron chi connectivity index (χ3n) is 7.09. The Morgan fingerprint density at radius 3 is 2.82 bits per heavy atom. The summed E-state index contributed by atoms with van der Waals surface area (Å²) in [5.41, 5.74) is 1.67. The van der Waals surface area contributed by atoms with Gasteiger partial charge in [-0.1, -0.05) is 6.07 Å². The van der Waals surface area contributed by atoms with E-state index in [0.29, 0.717) is 30.6 Å². The molecule has 0 aliphatic carbocycles. The highest BCUT2D eigenvalue weighted by atomic mass is 19.4. The first kappa shape index (κ1) is 25.6. The number of aromatic nitrogens is 2. The molecule has 0 saturated carbocycles. The number of carbonyl (C=O) groups is 1. The van der Waals surface area contributed by atoms with E-state index in [0.717, 1.165) is 28.6 Å². The molecule has 2 aliphatic rings. The first-order valence-corrected chi connectivity index (χ1v) is 11.9. The van der Waals surface area contributed by atoms with Crippen molar-refractivity contribution in [1.82, 2.24) is 9.97 Å². The summed E-state index contributed by atoms with van der Waals surface area (Å²) in [5.74, 6) is -0.702.